The highest BCUT2D eigenvalue weighted by Gasteiger charge is 2.54. The van der Waals surface area contributed by atoms with Crippen molar-refractivity contribution < 1.29 is 63.2 Å². The van der Waals surface area contributed by atoms with Gasteiger partial charge in [0.2, 0.25) is 0 Å². The van der Waals surface area contributed by atoms with Crippen LogP contribution in [0.2, 0.25) is 0 Å². The van der Waals surface area contributed by atoms with Crippen molar-refractivity contribution in [3.05, 3.63) is 0 Å². The molecule has 3 aliphatic heterocycles. The normalized spacial score (nSPS) is 48.3. The van der Waals surface area contributed by atoms with Crippen LogP contribution in [0.3, 0.4) is 0 Å². The number of likely N-dealkylation sites (N-methyl/N-ethyl adjacent to an activating group) is 1. The van der Waals surface area contributed by atoms with Gasteiger partial charge in [-0.15, -0.1) is 0 Å². The third-order valence-electron chi connectivity index (χ3n) is 12.5. The SMILES string of the molecule is CC[C@H]1OC(=O)[C@H](C)[C@@H](O[C@H]2C[C@@](C)(OC)[C@@H](O)[C@H](C)O2)[C@@H](C)[C@@H](O[C@@H]2O[C@H](C)C[C@H](N(C)C)[C@H]2O)[C@](C)(OC)C[C@@H](C)/C(=N/OC)[C@H](C)[C@H](O)[C@]1(C)O. The van der Waals surface area contributed by atoms with Gasteiger partial charge in [0.05, 0.1) is 53.4 Å². The number of aliphatic hydroxyl groups is 4. The Kier molecular flexibility index (Phi) is 16.4. The van der Waals surface area contributed by atoms with Crippen LogP contribution in [0, 0.1) is 23.7 Å². The number of hydrogen-bond donors (Lipinski definition) is 4. The minimum atomic E-state index is -1.88. The van der Waals surface area contributed by atoms with E-state index in [-0.39, 0.29) is 31.4 Å². The van der Waals surface area contributed by atoms with Crippen LogP contribution in [0.25, 0.3) is 0 Å². The molecule has 54 heavy (non-hydrogen) atoms. The molecule has 0 radical (unpaired) electrons. The number of hydrogen-bond acceptors (Lipinski definition) is 15. The summed E-state index contributed by atoms with van der Waals surface area (Å²) in [5, 5.41) is 50.6. The van der Waals surface area contributed by atoms with E-state index in [0.29, 0.717) is 12.1 Å². The first-order chi connectivity index (χ1) is 25.0. The van der Waals surface area contributed by atoms with E-state index in [1.165, 1.54) is 21.1 Å². The summed E-state index contributed by atoms with van der Waals surface area (Å²) in [6.45, 7) is 17.8. The Hall–Kier alpha value is -1.50. The number of nitrogens with zero attached hydrogens (tertiary/aromatic N) is 2. The van der Waals surface area contributed by atoms with E-state index in [9.17, 15) is 25.2 Å². The van der Waals surface area contributed by atoms with Crippen molar-refractivity contribution in [3.8, 4) is 0 Å². The highest BCUT2D eigenvalue weighted by Crippen LogP contribution is 2.42. The molecule has 3 saturated heterocycles. The van der Waals surface area contributed by atoms with Crippen molar-refractivity contribution >= 4 is 11.7 Å². The predicted molar refractivity (Wildman–Crippen MR) is 200 cm³/mol. The van der Waals surface area contributed by atoms with Gasteiger partial charge in [-0.3, -0.25) is 4.79 Å². The standard InChI is InChI=1S/C39H72N2O13/c1-16-27-39(10,46)32(43)22(4)29(40-49-15)20(2)18-38(9,48-14)34(54-36-30(42)26(41(11)12)17-21(3)50-36)23(5)31(24(6)35(45)52-27)53-28-19-37(8,47-13)33(44)25(7)51-28/h20-28,30-34,36,42-44,46H,16-19H2,1-15H3/b40-29-/t20-,21-,22+,23-,24-,25+,26+,27-,28+,30-,31+,32+,33+,34-,36+,37-,38-,39-/m1/s1. The summed E-state index contributed by atoms with van der Waals surface area (Å²) >= 11 is 0. The number of aliphatic hydroxyl groups excluding tert-OH is 3. The second-order valence-electron chi connectivity index (χ2n) is 16.9. The second kappa shape index (κ2) is 18.8. The summed E-state index contributed by atoms with van der Waals surface area (Å²) in [5.41, 5.74) is -3.61. The number of cyclic esters (lactones) is 1. The Morgan fingerprint density at radius 1 is 0.870 bits per heavy atom. The monoisotopic (exact) mass is 777 g/mol. The fourth-order valence-corrected chi connectivity index (χ4v) is 8.87. The van der Waals surface area contributed by atoms with Gasteiger partial charge in [0, 0.05) is 44.4 Å². The van der Waals surface area contributed by atoms with E-state index in [4.69, 9.17) is 38.0 Å². The van der Waals surface area contributed by atoms with Crippen molar-refractivity contribution in [2.75, 3.05) is 35.4 Å². The first-order valence-corrected chi connectivity index (χ1v) is 19.5. The lowest BCUT2D eigenvalue weighted by molar-refractivity contribution is -0.319. The molecule has 15 nitrogen and oxygen atoms in total. The molecule has 0 aromatic carbocycles. The summed E-state index contributed by atoms with van der Waals surface area (Å²) in [7, 11) is 8.29. The highest BCUT2D eigenvalue weighted by atomic mass is 16.7. The van der Waals surface area contributed by atoms with Crippen molar-refractivity contribution in [2.24, 2.45) is 28.8 Å². The Balaban J connectivity index is 2.27. The molecule has 15 heteroatoms. The second-order valence-corrected chi connectivity index (χ2v) is 16.9. The molecule has 0 saturated carbocycles. The fraction of sp³-hybridized carbons (Fsp3) is 0.949. The summed E-state index contributed by atoms with van der Waals surface area (Å²) < 4.78 is 44.4. The minimum absolute atomic E-state index is 0.143. The number of rotatable bonds is 9. The maximum atomic E-state index is 14.3. The van der Waals surface area contributed by atoms with Gasteiger partial charge < -0.3 is 63.3 Å². The van der Waals surface area contributed by atoms with Crippen LogP contribution < -0.4 is 0 Å². The van der Waals surface area contributed by atoms with Crippen LogP contribution in [-0.4, -0.2) is 157 Å². The fourth-order valence-electron chi connectivity index (χ4n) is 8.87. The first kappa shape index (κ1) is 46.9. The zero-order valence-corrected chi connectivity index (χ0v) is 35.3. The van der Waals surface area contributed by atoms with Gasteiger partial charge in [-0.1, -0.05) is 32.9 Å². The molecule has 4 N–H and O–H groups in total. The summed E-state index contributed by atoms with van der Waals surface area (Å²) in [5.74, 6) is -3.49. The molecule has 0 spiro atoms. The number of esters is 1. The maximum absolute atomic E-state index is 14.3. The Morgan fingerprint density at radius 3 is 2.02 bits per heavy atom. The molecule has 0 bridgehead atoms. The molecular weight excluding hydrogens is 704 g/mol. The average Bonchev–Trinajstić information content (AvgIpc) is 3.11. The third-order valence-corrected chi connectivity index (χ3v) is 12.5. The lowest BCUT2D eigenvalue weighted by Gasteiger charge is -2.50. The van der Waals surface area contributed by atoms with E-state index in [0.717, 1.165) is 0 Å². The average molecular weight is 777 g/mol. The van der Waals surface area contributed by atoms with Gasteiger partial charge >= 0.3 is 5.97 Å². The molecule has 316 valence electrons. The van der Waals surface area contributed by atoms with E-state index < -0.39 is 102 Å². The Labute approximate surface area is 322 Å². The molecule has 3 rings (SSSR count). The van der Waals surface area contributed by atoms with Gasteiger partial charge in [0.25, 0.3) is 0 Å². The van der Waals surface area contributed by atoms with E-state index in [2.05, 4.69) is 5.16 Å². The number of carbonyl (C=O) groups is 1. The Morgan fingerprint density at radius 2 is 1.48 bits per heavy atom. The van der Waals surface area contributed by atoms with E-state index in [1.807, 2.05) is 46.7 Å². The summed E-state index contributed by atoms with van der Waals surface area (Å²) in [6.07, 6.45) is -8.10. The largest absolute Gasteiger partial charge is 0.459 e. The van der Waals surface area contributed by atoms with E-state index in [1.54, 1.807) is 41.7 Å². The smallest absolute Gasteiger partial charge is 0.311 e. The zero-order chi connectivity index (χ0) is 41.1. The minimum Gasteiger partial charge on any atom is -0.459 e. The third kappa shape index (κ3) is 9.95. The zero-order valence-electron chi connectivity index (χ0n) is 35.3. The van der Waals surface area contributed by atoms with Crippen molar-refractivity contribution in [2.45, 2.75) is 179 Å². The summed E-state index contributed by atoms with van der Waals surface area (Å²) in [6, 6.07) is -0.266. The van der Waals surface area contributed by atoms with Crippen LogP contribution in [0.4, 0.5) is 0 Å². The van der Waals surface area contributed by atoms with Gasteiger partial charge in [0.1, 0.15) is 31.0 Å². The van der Waals surface area contributed by atoms with Crippen LogP contribution in [0.15, 0.2) is 5.16 Å². The molecule has 0 aromatic heterocycles. The Bertz CT molecular complexity index is 1240. The van der Waals surface area contributed by atoms with Crippen molar-refractivity contribution in [3.63, 3.8) is 0 Å². The number of carbonyl (C=O) groups excluding carboxylic acids is 1. The molecule has 0 amide bonds. The van der Waals surface area contributed by atoms with Crippen molar-refractivity contribution in [1.29, 1.82) is 0 Å². The van der Waals surface area contributed by atoms with Gasteiger partial charge in [-0.25, -0.2) is 0 Å². The molecule has 3 fully saturated rings. The van der Waals surface area contributed by atoms with Crippen LogP contribution in [0.5, 0.6) is 0 Å². The topological polar surface area (TPSA) is 187 Å². The number of ether oxygens (including phenoxy) is 7. The van der Waals surface area contributed by atoms with Crippen LogP contribution in [0.1, 0.15) is 94.9 Å². The summed E-state index contributed by atoms with van der Waals surface area (Å²) in [4.78, 5) is 21.5. The predicted octanol–water partition coefficient (Wildman–Crippen LogP) is 2.87. The van der Waals surface area contributed by atoms with Gasteiger partial charge in [0.15, 0.2) is 12.6 Å². The molecule has 0 aliphatic carbocycles. The molecule has 0 aromatic rings. The maximum Gasteiger partial charge on any atom is 0.311 e. The van der Waals surface area contributed by atoms with E-state index >= 15 is 0 Å². The van der Waals surface area contributed by atoms with Crippen LogP contribution >= 0.6 is 0 Å². The quantitative estimate of drug-likeness (QED) is 0.198. The first-order valence-electron chi connectivity index (χ1n) is 19.5. The van der Waals surface area contributed by atoms with Crippen molar-refractivity contribution in [1.82, 2.24) is 4.90 Å². The lowest BCUT2D eigenvalue weighted by atomic mass is 9.73. The number of methoxy groups -OCH3 is 2. The number of oxime groups is 1. The molecule has 3 heterocycles. The lowest BCUT2D eigenvalue weighted by Crippen LogP contribution is -2.61. The molecule has 18 atom stereocenters. The van der Waals surface area contributed by atoms with Gasteiger partial charge in [-0.05, 0) is 74.9 Å². The van der Waals surface area contributed by atoms with Crippen LogP contribution in [-0.2, 0) is 42.8 Å². The molecule has 0 unspecified atom stereocenters. The highest BCUT2D eigenvalue weighted by molar-refractivity contribution is 5.88. The molecule has 3 aliphatic rings. The molecular formula is C39H72N2O13. The van der Waals surface area contributed by atoms with Gasteiger partial charge in [-0.2, -0.15) is 0 Å².